The first-order valence-corrected chi connectivity index (χ1v) is 7.42. The molecule has 2 atom stereocenters. The van der Waals surface area contributed by atoms with E-state index in [-0.39, 0.29) is 11.6 Å². The molecule has 1 saturated carbocycles. The molecule has 0 radical (unpaired) electrons. The molecule has 1 aromatic carbocycles. The number of nitrogens with one attached hydrogen (secondary N) is 1. The molecule has 4 heteroatoms. The van der Waals surface area contributed by atoms with Gasteiger partial charge in [-0.1, -0.05) is 13.3 Å². The summed E-state index contributed by atoms with van der Waals surface area (Å²) >= 11 is 1.48. The molecule has 2 rings (SSSR count). The summed E-state index contributed by atoms with van der Waals surface area (Å²) in [5.74, 6) is -0.676. The van der Waals surface area contributed by atoms with Crippen LogP contribution in [0, 0.1) is 11.6 Å². The molecule has 0 aliphatic heterocycles. The van der Waals surface area contributed by atoms with Crippen molar-refractivity contribution in [1.82, 2.24) is 5.32 Å². The highest BCUT2D eigenvalue weighted by Gasteiger charge is 2.23. The standard InChI is InChI=1S/C14H19F2NS/c1-2-17-11-4-3-5-12(9-11)18-14-8-10(15)6-7-13(14)16/h6-8,11-12,17H,2-5,9H2,1H3. The maximum atomic E-state index is 13.6. The Morgan fingerprint density at radius 3 is 2.94 bits per heavy atom. The monoisotopic (exact) mass is 271 g/mol. The predicted octanol–water partition coefficient (Wildman–Crippen LogP) is 3.98. The van der Waals surface area contributed by atoms with E-state index >= 15 is 0 Å². The van der Waals surface area contributed by atoms with E-state index in [1.165, 1.54) is 36.4 Å². The van der Waals surface area contributed by atoms with E-state index in [1.807, 2.05) is 0 Å². The Morgan fingerprint density at radius 1 is 1.33 bits per heavy atom. The molecule has 0 amide bonds. The summed E-state index contributed by atoms with van der Waals surface area (Å²) in [6.07, 6.45) is 4.47. The van der Waals surface area contributed by atoms with Crippen LogP contribution in [0.5, 0.6) is 0 Å². The maximum absolute atomic E-state index is 13.6. The van der Waals surface area contributed by atoms with E-state index in [0.29, 0.717) is 16.2 Å². The second-order valence-electron chi connectivity index (χ2n) is 4.74. The van der Waals surface area contributed by atoms with Crippen LogP contribution in [0.2, 0.25) is 0 Å². The Bertz CT molecular complexity index is 395. The largest absolute Gasteiger partial charge is 0.314 e. The third-order valence-electron chi connectivity index (χ3n) is 3.31. The second kappa shape index (κ2) is 6.53. The normalized spacial score (nSPS) is 24.2. The highest BCUT2D eigenvalue weighted by Crippen LogP contribution is 2.35. The van der Waals surface area contributed by atoms with Crippen molar-refractivity contribution in [2.24, 2.45) is 0 Å². The van der Waals surface area contributed by atoms with Gasteiger partial charge in [-0.2, -0.15) is 0 Å². The van der Waals surface area contributed by atoms with Crippen molar-refractivity contribution in [3.05, 3.63) is 29.8 Å². The van der Waals surface area contributed by atoms with E-state index < -0.39 is 0 Å². The summed E-state index contributed by atoms with van der Waals surface area (Å²) in [6.45, 7) is 3.07. The molecule has 1 fully saturated rings. The SMILES string of the molecule is CCNC1CCCC(Sc2cc(F)ccc2F)C1. The lowest BCUT2D eigenvalue weighted by molar-refractivity contribution is 0.387. The highest BCUT2D eigenvalue weighted by atomic mass is 32.2. The molecule has 100 valence electrons. The summed E-state index contributed by atoms with van der Waals surface area (Å²) in [4.78, 5) is 0.442. The molecule has 0 aromatic heterocycles. The Labute approximate surface area is 111 Å². The Morgan fingerprint density at radius 2 is 2.17 bits per heavy atom. The number of benzene rings is 1. The van der Waals surface area contributed by atoms with Gasteiger partial charge in [-0.15, -0.1) is 11.8 Å². The van der Waals surface area contributed by atoms with Gasteiger partial charge in [0, 0.05) is 16.2 Å². The van der Waals surface area contributed by atoms with E-state index in [1.54, 1.807) is 0 Å². The molecular formula is C14H19F2NS. The van der Waals surface area contributed by atoms with Gasteiger partial charge in [-0.3, -0.25) is 0 Å². The maximum Gasteiger partial charge on any atom is 0.136 e. The van der Waals surface area contributed by atoms with Crippen LogP contribution in [0.1, 0.15) is 32.6 Å². The molecular weight excluding hydrogens is 252 g/mol. The molecule has 1 aliphatic rings. The molecule has 18 heavy (non-hydrogen) atoms. The first-order chi connectivity index (χ1) is 8.69. The minimum atomic E-state index is -0.363. The highest BCUT2D eigenvalue weighted by molar-refractivity contribution is 8.00. The lowest BCUT2D eigenvalue weighted by Gasteiger charge is -2.29. The minimum Gasteiger partial charge on any atom is -0.314 e. The van der Waals surface area contributed by atoms with E-state index in [0.717, 1.165) is 25.8 Å². The van der Waals surface area contributed by atoms with Crippen LogP contribution < -0.4 is 5.32 Å². The smallest absolute Gasteiger partial charge is 0.136 e. The number of rotatable bonds is 4. The topological polar surface area (TPSA) is 12.0 Å². The summed E-state index contributed by atoms with van der Waals surface area (Å²) in [7, 11) is 0. The summed E-state index contributed by atoms with van der Waals surface area (Å²) < 4.78 is 26.7. The van der Waals surface area contributed by atoms with Crippen molar-refractivity contribution in [2.75, 3.05) is 6.54 Å². The van der Waals surface area contributed by atoms with Crippen LogP contribution >= 0.6 is 11.8 Å². The first kappa shape index (κ1) is 13.8. The fourth-order valence-electron chi connectivity index (χ4n) is 2.47. The Hall–Kier alpha value is -0.610. The van der Waals surface area contributed by atoms with E-state index in [4.69, 9.17) is 0 Å². The van der Waals surface area contributed by atoms with Crippen LogP contribution in [0.15, 0.2) is 23.1 Å². The average molecular weight is 271 g/mol. The number of hydrogen-bond acceptors (Lipinski definition) is 2. The fraction of sp³-hybridized carbons (Fsp3) is 0.571. The number of thioether (sulfide) groups is 1. The van der Waals surface area contributed by atoms with Gasteiger partial charge < -0.3 is 5.32 Å². The third kappa shape index (κ3) is 3.69. The third-order valence-corrected chi connectivity index (χ3v) is 4.63. The average Bonchev–Trinajstić information content (AvgIpc) is 2.35. The van der Waals surface area contributed by atoms with Crippen molar-refractivity contribution < 1.29 is 8.78 Å². The molecule has 0 bridgehead atoms. The van der Waals surface area contributed by atoms with E-state index in [2.05, 4.69) is 12.2 Å². The van der Waals surface area contributed by atoms with Crippen LogP contribution in [0.3, 0.4) is 0 Å². The first-order valence-electron chi connectivity index (χ1n) is 6.54. The zero-order valence-corrected chi connectivity index (χ0v) is 11.4. The van der Waals surface area contributed by atoms with Gasteiger partial charge in [0.15, 0.2) is 0 Å². The van der Waals surface area contributed by atoms with Crippen LogP contribution in [0.4, 0.5) is 8.78 Å². The zero-order chi connectivity index (χ0) is 13.0. The van der Waals surface area contributed by atoms with Crippen LogP contribution in [-0.2, 0) is 0 Å². The molecule has 2 unspecified atom stereocenters. The molecule has 1 nitrogen and oxygen atoms in total. The minimum absolute atomic E-state index is 0.313. The van der Waals surface area contributed by atoms with Gasteiger partial charge in [0.1, 0.15) is 11.6 Å². The number of hydrogen-bond donors (Lipinski definition) is 1. The van der Waals surface area contributed by atoms with Crippen molar-refractivity contribution in [1.29, 1.82) is 0 Å². The Kier molecular flexibility index (Phi) is 5.01. The van der Waals surface area contributed by atoms with Gasteiger partial charge in [-0.25, -0.2) is 8.78 Å². The van der Waals surface area contributed by atoms with Crippen molar-refractivity contribution >= 4 is 11.8 Å². The molecule has 0 saturated heterocycles. The molecule has 0 heterocycles. The van der Waals surface area contributed by atoms with Gasteiger partial charge in [0.05, 0.1) is 0 Å². The summed E-state index contributed by atoms with van der Waals surface area (Å²) in [5, 5.41) is 3.83. The van der Waals surface area contributed by atoms with Gasteiger partial charge >= 0.3 is 0 Å². The molecule has 1 N–H and O–H groups in total. The van der Waals surface area contributed by atoms with E-state index in [9.17, 15) is 8.78 Å². The quantitative estimate of drug-likeness (QED) is 0.889. The van der Waals surface area contributed by atoms with Crippen LogP contribution in [-0.4, -0.2) is 17.8 Å². The molecule has 1 aromatic rings. The van der Waals surface area contributed by atoms with Crippen molar-refractivity contribution in [3.63, 3.8) is 0 Å². The molecule has 0 spiro atoms. The summed E-state index contributed by atoms with van der Waals surface area (Å²) in [5.41, 5.74) is 0. The van der Waals surface area contributed by atoms with Gasteiger partial charge in [-0.05, 0) is 44.0 Å². The summed E-state index contributed by atoms with van der Waals surface area (Å²) in [6, 6.07) is 4.21. The zero-order valence-electron chi connectivity index (χ0n) is 10.6. The number of halogens is 2. The second-order valence-corrected chi connectivity index (χ2v) is 6.08. The van der Waals surface area contributed by atoms with Gasteiger partial charge in [0.25, 0.3) is 0 Å². The fourth-order valence-corrected chi connectivity index (χ4v) is 3.81. The lowest BCUT2D eigenvalue weighted by atomic mass is 9.95. The predicted molar refractivity (Wildman–Crippen MR) is 71.9 cm³/mol. The lowest BCUT2D eigenvalue weighted by Crippen LogP contribution is -2.34. The van der Waals surface area contributed by atoms with Crippen molar-refractivity contribution in [2.45, 2.75) is 48.8 Å². The molecule has 1 aliphatic carbocycles. The van der Waals surface area contributed by atoms with Gasteiger partial charge in [0.2, 0.25) is 0 Å². The Balaban J connectivity index is 1.98. The van der Waals surface area contributed by atoms with Crippen molar-refractivity contribution in [3.8, 4) is 0 Å². The van der Waals surface area contributed by atoms with Crippen LogP contribution in [0.25, 0.3) is 0 Å².